The zero-order valence-corrected chi connectivity index (χ0v) is 12.1. The first-order chi connectivity index (χ1) is 8.85. The third kappa shape index (κ3) is 1.76. The normalized spacial score (nSPS) is 44.3. The first kappa shape index (κ1) is 13.1. The van der Waals surface area contributed by atoms with E-state index in [-0.39, 0.29) is 22.7 Å². The fraction of sp³-hybridized carbons (Fsp3) is 0.706. The number of carbonyl (C=O) groups is 1. The van der Waals surface area contributed by atoms with Crippen LogP contribution in [0.1, 0.15) is 46.5 Å². The molecule has 2 nitrogen and oxygen atoms in total. The van der Waals surface area contributed by atoms with Crippen LogP contribution in [0.5, 0.6) is 0 Å². The van der Waals surface area contributed by atoms with E-state index in [1.54, 1.807) is 0 Å². The summed E-state index contributed by atoms with van der Waals surface area (Å²) in [5.74, 6) is 1.17. The molecule has 4 atom stereocenters. The molecule has 2 heteroatoms. The summed E-state index contributed by atoms with van der Waals surface area (Å²) < 4.78 is 0. The lowest BCUT2D eigenvalue weighted by atomic mass is 9.47. The lowest BCUT2D eigenvalue weighted by Crippen LogP contribution is -2.53. The van der Waals surface area contributed by atoms with E-state index >= 15 is 0 Å². The van der Waals surface area contributed by atoms with Crippen molar-refractivity contribution in [3.05, 3.63) is 23.8 Å². The molecule has 1 saturated carbocycles. The van der Waals surface area contributed by atoms with Crippen molar-refractivity contribution in [2.24, 2.45) is 22.7 Å². The van der Waals surface area contributed by atoms with E-state index in [0.29, 0.717) is 18.3 Å². The van der Waals surface area contributed by atoms with Gasteiger partial charge in [0.25, 0.3) is 0 Å². The lowest BCUT2D eigenvalue weighted by Gasteiger charge is -2.57. The maximum Gasteiger partial charge on any atom is 0.155 e. The molecule has 3 aliphatic carbocycles. The summed E-state index contributed by atoms with van der Waals surface area (Å²) in [5, 5.41) is 10.3. The van der Waals surface area contributed by atoms with Crippen molar-refractivity contribution >= 4 is 5.78 Å². The van der Waals surface area contributed by atoms with E-state index in [1.807, 2.05) is 6.08 Å². The molecule has 0 saturated heterocycles. The molecule has 3 rings (SSSR count). The summed E-state index contributed by atoms with van der Waals surface area (Å²) in [6.07, 6.45) is 9.64. The van der Waals surface area contributed by atoms with Crippen LogP contribution in [0, 0.1) is 22.7 Å². The summed E-state index contributed by atoms with van der Waals surface area (Å²) >= 11 is 0. The van der Waals surface area contributed by atoms with Crippen molar-refractivity contribution in [1.82, 2.24) is 0 Å². The lowest BCUT2D eigenvalue weighted by molar-refractivity contribution is -0.118. The van der Waals surface area contributed by atoms with E-state index in [2.05, 4.69) is 32.9 Å². The zero-order chi connectivity index (χ0) is 13.8. The third-order valence-corrected chi connectivity index (χ3v) is 6.01. The van der Waals surface area contributed by atoms with Gasteiger partial charge in [0.05, 0.1) is 6.10 Å². The fourth-order valence-corrected chi connectivity index (χ4v) is 4.79. The molecule has 0 aromatic heterocycles. The Bertz CT molecular complexity index is 472. The van der Waals surface area contributed by atoms with Crippen LogP contribution in [0.25, 0.3) is 0 Å². The van der Waals surface area contributed by atoms with E-state index < -0.39 is 0 Å². The Morgan fingerprint density at radius 2 is 2.00 bits per heavy atom. The minimum atomic E-state index is -0.217. The molecular weight excluding hydrogens is 236 g/mol. The van der Waals surface area contributed by atoms with Gasteiger partial charge in [-0.15, -0.1) is 0 Å². The van der Waals surface area contributed by atoms with Crippen LogP contribution < -0.4 is 0 Å². The molecule has 0 spiro atoms. The van der Waals surface area contributed by atoms with Gasteiger partial charge in [-0.05, 0) is 53.6 Å². The number of ketones is 1. The number of hydrogen-bond acceptors (Lipinski definition) is 2. The average Bonchev–Trinajstić information content (AvgIpc) is 2.34. The van der Waals surface area contributed by atoms with Crippen LogP contribution in [0.15, 0.2) is 23.8 Å². The van der Waals surface area contributed by atoms with Gasteiger partial charge in [-0.1, -0.05) is 32.9 Å². The monoisotopic (exact) mass is 260 g/mol. The average molecular weight is 260 g/mol. The minimum Gasteiger partial charge on any atom is -0.393 e. The van der Waals surface area contributed by atoms with Gasteiger partial charge in [0.2, 0.25) is 0 Å². The number of rotatable bonds is 0. The second kappa shape index (κ2) is 4.05. The Kier molecular flexibility index (Phi) is 2.79. The number of fused-ring (bicyclic) bond motifs is 3. The summed E-state index contributed by atoms with van der Waals surface area (Å²) in [5.41, 5.74) is 1.35. The molecule has 0 amide bonds. The Labute approximate surface area is 115 Å². The maximum atomic E-state index is 11.6. The first-order valence-electron chi connectivity index (χ1n) is 7.46. The Hall–Kier alpha value is -0.890. The van der Waals surface area contributed by atoms with Crippen LogP contribution >= 0.6 is 0 Å². The molecule has 19 heavy (non-hydrogen) atoms. The maximum absolute atomic E-state index is 11.6. The third-order valence-electron chi connectivity index (χ3n) is 6.01. The predicted molar refractivity (Wildman–Crippen MR) is 75.6 cm³/mol. The molecule has 0 radical (unpaired) electrons. The SMILES string of the molecule is CC1(C)[C@H](O)CC[C@]2(C)[C@H]3CCC(=O)C=C3C=C[C@@H]12. The second-order valence-corrected chi connectivity index (χ2v) is 7.42. The minimum absolute atomic E-state index is 0.0729. The largest absolute Gasteiger partial charge is 0.393 e. The fourth-order valence-electron chi connectivity index (χ4n) is 4.79. The summed E-state index contributed by atoms with van der Waals surface area (Å²) in [4.78, 5) is 11.6. The highest BCUT2D eigenvalue weighted by molar-refractivity contribution is 5.92. The smallest absolute Gasteiger partial charge is 0.155 e. The van der Waals surface area contributed by atoms with Gasteiger partial charge in [-0.25, -0.2) is 0 Å². The number of carbonyl (C=O) groups excluding carboxylic acids is 1. The van der Waals surface area contributed by atoms with Crippen molar-refractivity contribution in [3.8, 4) is 0 Å². The van der Waals surface area contributed by atoms with Gasteiger partial charge in [0.1, 0.15) is 0 Å². The van der Waals surface area contributed by atoms with Crippen LogP contribution in [0.4, 0.5) is 0 Å². The van der Waals surface area contributed by atoms with Crippen LogP contribution in [-0.4, -0.2) is 17.0 Å². The van der Waals surface area contributed by atoms with E-state index in [0.717, 1.165) is 19.3 Å². The second-order valence-electron chi connectivity index (χ2n) is 7.42. The van der Waals surface area contributed by atoms with Gasteiger partial charge in [0.15, 0.2) is 5.78 Å². The molecule has 0 bridgehead atoms. The van der Waals surface area contributed by atoms with Crippen molar-refractivity contribution in [1.29, 1.82) is 0 Å². The summed E-state index contributed by atoms with van der Waals surface area (Å²) in [6, 6.07) is 0. The highest BCUT2D eigenvalue weighted by Gasteiger charge is 2.55. The molecule has 0 aliphatic heterocycles. The number of hydrogen-bond donors (Lipinski definition) is 1. The van der Waals surface area contributed by atoms with Gasteiger partial charge in [-0.3, -0.25) is 4.79 Å². The highest BCUT2D eigenvalue weighted by atomic mass is 16.3. The predicted octanol–water partition coefficient (Wildman–Crippen LogP) is 3.27. The summed E-state index contributed by atoms with van der Waals surface area (Å²) in [7, 11) is 0. The van der Waals surface area contributed by atoms with Crippen molar-refractivity contribution in [2.75, 3.05) is 0 Å². The molecule has 1 fully saturated rings. The number of aliphatic hydroxyl groups is 1. The highest BCUT2D eigenvalue weighted by Crippen LogP contribution is 2.60. The van der Waals surface area contributed by atoms with E-state index in [1.165, 1.54) is 5.57 Å². The Morgan fingerprint density at radius 1 is 1.26 bits per heavy atom. The van der Waals surface area contributed by atoms with Gasteiger partial charge >= 0.3 is 0 Å². The Morgan fingerprint density at radius 3 is 2.74 bits per heavy atom. The van der Waals surface area contributed by atoms with Crippen LogP contribution in [-0.2, 0) is 4.79 Å². The van der Waals surface area contributed by atoms with Crippen LogP contribution in [0.2, 0.25) is 0 Å². The van der Waals surface area contributed by atoms with Gasteiger partial charge in [0, 0.05) is 6.42 Å². The molecule has 1 N–H and O–H groups in total. The van der Waals surface area contributed by atoms with Crippen molar-refractivity contribution in [2.45, 2.75) is 52.6 Å². The molecular formula is C17H24O2. The topological polar surface area (TPSA) is 37.3 Å². The van der Waals surface area contributed by atoms with Crippen molar-refractivity contribution in [3.63, 3.8) is 0 Å². The quantitative estimate of drug-likeness (QED) is 0.726. The molecule has 3 aliphatic rings. The van der Waals surface area contributed by atoms with E-state index in [9.17, 15) is 9.90 Å². The van der Waals surface area contributed by atoms with Crippen LogP contribution in [0.3, 0.4) is 0 Å². The molecule has 104 valence electrons. The first-order valence-corrected chi connectivity index (χ1v) is 7.46. The zero-order valence-electron chi connectivity index (χ0n) is 12.1. The summed E-state index contributed by atoms with van der Waals surface area (Å²) in [6.45, 7) is 6.74. The Balaban J connectivity index is 2.06. The molecule has 0 aromatic rings. The molecule has 0 aromatic carbocycles. The van der Waals surface area contributed by atoms with Gasteiger partial charge in [-0.2, -0.15) is 0 Å². The standard InChI is InChI=1S/C17H24O2/c1-16(2)14-7-4-11-10-12(18)5-6-13(11)17(14,3)9-8-15(16)19/h4,7,10,13-15,19H,5-6,8-9H2,1-3H3/t13-,14-,15+,17+/m0/s1. The van der Waals surface area contributed by atoms with Crippen molar-refractivity contribution < 1.29 is 9.90 Å². The van der Waals surface area contributed by atoms with Gasteiger partial charge < -0.3 is 5.11 Å². The number of aliphatic hydroxyl groups excluding tert-OH is 1. The van der Waals surface area contributed by atoms with E-state index in [4.69, 9.17) is 0 Å². The molecule has 0 unspecified atom stereocenters. The number of allylic oxidation sites excluding steroid dienone is 4. The molecule has 0 heterocycles.